The molecule has 2 aromatic carbocycles. The van der Waals surface area contributed by atoms with Gasteiger partial charge in [-0.05, 0) is 35.4 Å². The first-order valence-electron chi connectivity index (χ1n) is 12.1. The molecule has 2 aromatic rings. The maximum atomic E-state index is 13.3. The van der Waals surface area contributed by atoms with Crippen LogP contribution in [0.3, 0.4) is 0 Å². The smallest absolute Gasteiger partial charge is 0.156 e. The molecule has 1 aliphatic rings. The number of halogens is 2. The lowest BCUT2D eigenvalue weighted by Gasteiger charge is -2.29. The fourth-order valence-corrected chi connectivity index (χ4v) is 4.56. The van der Waals surface area contributed by atoms with Crippen LogP contribution in [-0.4, -0.2) is 68.4 Å². The zero-order valence-corrected chi connectivity index (χ0v) is 23.1. The predicted octanol–water partition coefficient (Wildman–Crippen LogP) is 4.82. The second kappa shape index (κ2) is 13.0. The number of hydrogen-bond acceptors (Lipinski definition) is 6. The van der Waals surface area contributed by atoms with Crippen LogP contribution in [0.15, 0.2) is 59.9 Å². The van der Waals surface area contributed by atoms with E-state index in [-0.39, 0.29) is 43.3 Å². The molecule has 0 saturated carbocycles. The van der Waals surface area contributed by atoms with Gasteiger partial charge in [-0.15, -0.1) is 0 Å². The van der Waals surface area contributed by atoms with Crippen molar-refractivity contribution in [2.24, 2.45) is 11.8 Å². The van der Waals surface area contributed by atoms with E-state index in [1.165, 1.54) is 0 Å². The number of allylic oxidation sites excluding steroid dienone is 2. The molecule has 37 heavy (non-hydrogen) atoms. The number of nitrogens with one attached hydrogen (secondary N) is 1. The van der Waals surface area contributed by atoms with Crippen molar-refractivity contribution in [3.8, 4) is 0 Å². The van der Waals surface area contributed by atoms with E-state index < -0.39 is 11.8 Å². The van der Waals surface area contributed by atoms with Crippen molar-refractivity contribution in [3.63, 3.8) is 0 Å². The molecule has 0 radical (unpaired) electrons. The second-order valence-corrected chi connectivity index (χ2v) is 10.4. The topological polar surface area (TPSA) is 69.7 Å². The first-order valence-corrected chi connectivity index (χ1v) is 12.9. The number of rotatable bonds is 10. The summed E-state index contributed by atoms with van der Waals surface area (Å²) in [5, 5.41) is 4.29. The molecule has 3 rings (SSSR count). The highest BCUT2D eigenvalue weighted by Gasteiger charge is 2.39. The fraction of sp³-hybridized carbons (Fsp3) is 0.345. The van der Waals surface area contributed by atoms with Crippen LogP contribution in [0.1, 0.15) is 24.0 Å². The summed E-state index contributed by atoms with van der Waals surface area (Å²) < 4.78 is 0. The number of Topliss-reactive ketones (excluding diaryl/α,β-unsaturated/α-hetero) is 3. The van der Waals surface area contributed by atoms with Gasteiger partial charge in [0.2, 0.25) is 0 Å². The molecule has 196 valence electrons. The maximum absolute atomic E-state index is 13.3. The van der Waals surface area contributed by atoms with Crippen LogP contribution in [0.4, 0.5) is 0 Å². The van der Waals surface area contributed by atoms with E-state index in [2.05, 4.69) is 5.32 Å². The zero-order valence-electron chi connectivity index (χ0n) is 21.6. The molecule has 1 aliphatic heterocycles. The summed E-state index contributed by atoms with van der Waals surface area (Å²) in [7, 11) is 7.38. The van der Waals surface area contributed by atoms with Crippen LogP contribution in [0.5, 0.6) is 0 Å². The van der Waals surface area contributed by atoms with Crippen molar-refractivity contribution in [1.29, 1.82) is 0 Å². The van der Waals surface area contributed by atoms with Gasteiger partial charge in [0.25, 0.3) is 0 Å². The summed E-state index contributed by atoms with van der Waals surface area (Å²) in [6.45, 7) is 0.453. The molecule has 1 N–H and O–H groups in total. The Morgan fingerprint density at radius 2 is 1.16 bits per heavy atom. The SMILES string of the molecule is CN(C)/C(=C/c1ccccc1Cl)CC(=O)C1CNCC(C(=O)C/C(=C\c2ccccc2Cl)N(C)C)C1=O. The Morgan fingerprint density at radius 3 is 1.51 bits per heavy atom. The third-order valence-electron chi connectivity index (χ3n) is 6.48. The highest BCUT2D eigenvalue weighted by molar-refractivity contribution is 6.32. The number of benzene rings is 2. The second-order valence-electron chi connectivity index (χ2n) is 9.56. The quantitative estimate of drug-likeness (QED) is 0.435. The van der Waals surface area contributed by atoms with Crippen molar-refractivity contribution in [1.82, 2.24) is 15.1 Å². The first-order chi connectivity index (χ1) is 17.6. The van der Waals surface area contributed by atoms with E-state index in [9.17, 15) is 14.4 Å². The molecule has 0 bridgehead atoms. The standard InChI is InChI=1S/C29H33Cl2N3O3/c1-33(2)21(13-19-9-5-7-11-25(19)30)15-27(35)23-17-32-18-24(29(23)37)28(36)16-22(34(3)4)14-20-10-6-8-12-26(20)31/h5-14,23-24,32H,15-18H2,1-4H3/b21-13+,22-14+. The Labute approximate surface area is 228 Å². The van der Waals surface area contributed by atoms with Crippen LogP contribution < -0.4 is 5.32 Å². The van der Waals surface area contributed by atoms with Crippen LogP contribution in [0.2, 0.25) is 10.0 Å². The minimum absolute atomic E-state index is 0.0621. The number of nitrogens with zero attached hydrogens (tertiary/aromatic N) is 2. The Balaban J connectivity index is 1.75. The Hall–Kier alpha value is -2.93. The van der Waals surface area contributed by atoms with Gasteiger partial charge in [0.15, 0.2) is 5.78 Å². The Kier molecular flexibility index (Phi) is 10.1. The van der Waals surface area contributed by atoms with Crippen molar-refractivity contribution >= 4 is 52.7 Å². The van der Waals surface area contributed by atoms with E-state index >= 15 is 0 Å². The van der Waals surface area contributed by atoms with Crippen molar-refractivity contribution in [2.45, 2.75) is 12.8 Å². The summed E-state index contributed by atoms with van der Waals surface area (Å²) >= 11 is 12.6. The van der Waals surface area contributed by atoms with Gasteiger partial charge in [-0.1, -0.05) is 59.6 Å². The molecular formula is C29H33Cl2N3O3. The fourth-order valence-electron chi connectivity index (χ4n) is 4.18. The van der Waals surface area contributed by atoms with Gasteiger partial charge in [0, 0.05) is 75.6 Å². The molecule has 2 atom stereocenters. The molecule has 6 nitrogen and oxygen atoms in total. The molecule has 0 aliphatic carbocycles. The van der Waals surface area contributed by atoms with E-state index in [4.69, 9.17) is 23.2 Å². The molecule has 0 aromatic heterocycles. The van der Waals surface area contributed by atoms with Gasteiger partial charge in [0.1, 0.15) is 11.6 Å². The predicted molar refractivity (Wildman–Crippen MR) is 150 cm³/mol. The summed E-state index contributed by atoms with van der Waals surface area (Å²) in [6, 6.07) is 14.8. The minimum atomic E-state index is -0.882. The third-order valence-corrected chi connectivity index (χ3v) is 7.16. The van der Waals surface area contributed by atoms with Crippen LogP contribution >= 0.6 is 23.2 Å². The summed E-state index contributed by atoms with van der Waals surface area (Å²) in [6.07, 6.45) is 3.83. The minimum Gasteiger partial charge on any atom is -0.381 e. The van der Waals surface area contributed by atoms with Crippen molar-refractivity contribution in [3.05, 3.63) is 81.1 Å². The summed E-state index contributed by atoms with van der Waals surface area (Å²) in [5.41, 5.74) is 3.06. The molecule has 1 heterocycles. The van der Waals surface area contributed by atoms with Gasteiger partial charge in [-0.3, -0.25) is 14.4 Å². The molecule has 8 heteroatoms. The number of piperidine rings is 1. The van der Waals surface area contributed by atoms with Gasteiger partial charge < -0.3 is 15.1 Å². The van der Waals surface area contributed by atoms with Crippen LogP contribution in [0, 0.1) is 11.8 Å². The molecule has 0 amide bonds. The largest absolute Gasteiger partial charge is 0.381 e. The Bertz CT molecular complexity index is 1130. The van der Waals surface area contributed by atoms with Gasteiger partial charge in [-0.25, -0.2) is 0 Å². The lowest BCUT2D eigenvalue weighted by molar-refractivity contribution is -0.140. The summed E-state index contributed by atoms with van der Waals surface area (Å²) in [4.78, 5) is 43.6. The van der Waals surface area contributed by atoms with Gasteiger partial charge in [-0.2, -0.15) is 0 Å². The molecule has 1 saturated heterocycles. The van der Waals surface area contributed by atoms with Crippen molar-refractivity contribution in [2.75, 3.05) is 41.3 Å². The zero-order chi connectivity index (χ0) is 27.1. The number of carbonyl (C=O) groups is 3. The maximum Gasteiger partial charge on any atom is 0.156 e. The first kappa shape index (κ1) is 28.6. The van der Waals surface area contributed by atoms with E-state index in [1.807, 2.05) is 86.5 Å². The average molecular weight is 543 g/mol. The summed E-state index contributed by atoms with van der Waals surface area (Å²) in [5.74, 6) is -2.52. The van der Waals surface area contributed by atoms with E-state index in [0.717, 1.165) is 22.5 Å². The van der Waals surface area contributed by atoms with Gasteiger partial charge >= 0.3 is 0 Å². The normalized spacial score (nSPS) is 18.5. The molecule has 0 spiro atoms. The van der Waals surface area contributed by atoms with Crippen LogP contribution in [0.25, 0.3) is 12.2 Å². The number of ketones is 3. The Morgan fingerprint density at radius 1 is 0.784 bits per heavy atom. The monoisotopic (exact) mass is 541 g/mol. The molecule has 1 fully saturated rings. The van der Waals surface area contributed by atoms with Crippen LogP contribution in [-0.2, 0) is 14.4 Å². The average Bonchev–Trinajstić information content (AvgIpc) is 2.85. The molecular weight excluding hydrogens is 509 g/mol. The van der Waals surface area contributed by atoms with Crippen molar-refractivity contribution < 1.29 is 14.4 Å². The number of carbonyl (C=O) groups excluding carboxylic acids is 3. The highest BCUT2D eigenvalue weighted by atomic mass is 35.5. The third kappa shape index (κ3) is 7.54. The number of hydrogen-bond donors (Lipinski definition) is 1. The lowest BCUT2D eigenvalue weighted by Crippen LogP contribution is -2.50. The lowest BCUT2D eigenvalue weighted by atomic mass is 9.81. The molecule has 2 unspecified atom stereocenters. The van der Waals surface area contributed by atoms with E-state index in [1.54, 1.807) is 12.1 Å². The van der Waals surface area contributed by atoms with E-state index in [0.29, 0.717) is 10.0 Å². The highest BCUT2D eigenvalue weighted by Crippen LogP contribution is 2.25. The van der Waals surface area contributed by atoms with Gasteiger partial charge in [0.05, 0.1) is 11.8 Å².